The van der Waals surface area contributed by atoms with E-state index in [4.69, 9.17) is 4.42 Å². The fraction of sp³-hybridized carbons (Fsp3) is 0.0588. The smallest absolute Gasteiger partial charge is 0.271 e. The minimum absolute atomic E-state index is 0.244. The van der Waals surface area contributed by atoms with Gasteiger partial charge in [-0.05, 0) is 35.9 Å². The molecule has 4 heteroatoms. The summed E-state index contributed by atoms with van der Waals surface area (Å²) < 4.78 is 5.34. The summed E-state index contributed by atoms with van der Waals surface area (Å²) in [5.74, 6) is 1.16. The van der Waals surface area contributed by atoms with E-state index in [1.54, 1.807) is 12.1 Å². The van der Waals surface area contributed by atoms with E-state index < -0.39 is 0 Å². The molecule has 0 aliphatic carbocycles. The summed E-state index contributed by atoms with van der Waals surface area (Å²) in [6, 6.07) is 17.0. The Balaban J connectivity index is 1.80. The Hall–Kier alpha value is -2.88. The highest BCUT2D eigenvalue weighted by Crippen LogP contribution is 2.18. The molecule has 4 nitrogen and oxygen atoms in total. The quantitative estimate of drug-likeness (QED) is 0.589. The van der Waals surface area contributed by atoms with Crippen molar-refractivity contribution in [3.05, 3.63) is 71.7 Å². The molecule has 3 aromatic rings. The average molecular weight is 278 g/mol. The predicted octanol–water partition coefficient (Wildman–Crippen LogP) is 3.51. The van der Waals surface area contributed by atoms with Gasteiger partial charge in [0.15, 0.2) is 0 Å². The number of rotatable bonds is 3. The summed E-state index contributed by atoms with van der Waals surface area (Å²) in [6.45, 7) is 1.85. The first-order valence-electron chi connectivity index (χ1n) is 6.61. The Morgan fingerprint density at radius 2 is 1.90 bits per heavy atom. The van der Waals surface area contributed by atoms with Gasteiger partial charge in [-0.1, -0.05) is 36.4 Å². The van der Waals surface area contributed by atoms with Gasteiger partial charge in [-0.3, -0.25) is 4.79 Å². The third kappa shape index (κ3) is 2.84. The van der Waals surface area contributed by atoms with Gasteiger partial charge >= 0.3 is 0 Å². The molecule has 0 aliphatic rings. The maximum atomic E-state index is 12.2. The number of fused-ring (bicyclic) bond motifs is 1. The molecular formula is C17H14N2O2. The molecule has 104 valence electrons. The first-order valence-corrected chi connectivity index (χ1v) is 6.61. The van der Waals surface area contributed by atoms with Crippen LogP contribution in [0.15, 0.2) is 64.1 Å². The highest BCUT2D eigenvalue weighted by atomic mass is 16.3. The van der Waals surface area contributed by atoms with Gasteiger partial charge in [0.25, 0.3) is 5.91 Å². The van der Waals surface area contributed by atoms with Gasteiger partial charge < -0.3 is 4.42 Å². The molecule has 0 atom stereocenters. The van der Waals surface area contributed by atoms with Crippen LogP contribution in [0, 0.1) is 6.92 Å². The van der Waals surface area contributed by atoms with Gasteiger partial charge in [0.2, 0.25) is 0 Å². The molecule has 0 saturated heterocycles. The van der Waals surface area contributed by atoms with Crippen molar-refractivity contribution in [2.75, 3.05) is 0 Å². The van der Waals surface area contributed by atoms with Crippen LogP contribution in [-0.2, 0) is 0 Å². The number of amides is 1. The van der Waals surface area contributed by atoms with Crippen molar-refractivity contribution in [3.63, 3.8) is 0 Å². The zero-order valence-electron chi connectivity index (χ0n) is 11.5. The van der Waals surface area contributed by atoms with Crippen molar-refractivity contribution in [1.29, 1.82) is 0 Å². The first-order chi connectivity index (χ1) is 10.2. The second-order valence-corrected chi connectivity index (χ2v) is 4.67. The van der Waals surface area contributed by atoms with Gasteiger partial charge in [0, 0.05) is 5.56 Å². The summed E-state index contributed by atoms with van der Waals surface area (Å²) in [7, 11) is 0. The van der Waals surface area contributed by atoms with Crippen LogP contribution in [0.1, 0.15) is 21.9 Å². The molecule has 1 heterocycles. The van der Waals surface area contributed by atoms with E-state index >= 15 is 0 Å². The number of hydrazone groups is 1. The summed E-state index contributed by atoms with van der Waals surface area (Å²) in [5.41, 5.74) is 3.12. The Morgan fingerprint density at radius 3 is 2.71 bits per heavy atom. The SMILES string of the molecule is Cc1ccc(/C=N/NC(=O)c2cccc3ccccc23)o1. The number of carbonyl (C=O) groups excluding carboxylic acids is 1. The third-order valence-corrected chi connectivity index (χ3v) is 3.15. The lowest BCUT2D eigenvalue weighted by atomic mass is 10.0. The molecule has 21 heavy (non-hydrogen) atoms. The molecule has 0 unspecified atom stereocenters. The van der Waals surface area contributed by atoms with E-state index in [2.05, 4.69) is 10.5 Å². The van der Waals surface area contributed by atoms with Crippen LogP contribution in [-0.4, -0.2) is 12.1 Å². The van der Waals surface area contributed by atoms with Crippen LogP contribution < -0.4 is 5.43 Å². The van der Waals surface area contributed by atoms with Crippen molar-refractivity contribution in [1.82, 2.24) is 5.43 Å². The molecule has 1 aromatic heterocycles. The van der Waals surface area contributed by atoms with Gasteiger partial charge in [0.1, 0.15) is 11.5 Å². The van der Waals surface area contributed by atoms with Crippen molar-refractivity contribution < 1.29 is 9.21 Å². The van der Waals surface area contributed by atoms with Crippen LogP contribution in [0.4, 0.5) is 0 Å². The molecule has 3 rings (SSSR count). The molecule has 1 N–H and O–H groups in total. The van der Waals surface area contributed by atoms with Gasteiger partial charge in [-0.25, -0.2) is 5.43 Å². The standard InChI is InChI=1S/C17H14N2O2/c1-12-9-10-14(21-12)11-18-19-17(20)16-8-4-6-13-5-2-3-7-15(13)16/h2-11H,1H3,(H,19,20)/b18-11+. The molecule has 0 saturated carbocycles. The minimum Gasteiger partial charge on any atom is -0.460 e. The molecule has 0 radical (unpaired) electrons. The summed E-state index contributed by atoms with van der Waals surface area (Å²) >= 11 is 0. The van der Waals surface area contributed by atoms with Crippen molar-refractivity contribution in [2.45, 2.75) is 6.92 Å². The highest BCUT2D eigenvalue weighted by Gasteiger charge is 2.08. The van der Waals surface area contributed by atoms with Crippen LogP contribution >= 0.6 is 0 Å². The van der Waals surface area contributed by atoms with E-state index in [1.807, 2.05) is 49.4 Å². The van der Waals surface area contributed by atoms with E-state index in [0.29, 0.717) is 11.3 Å². The first kappa shape index (κ1) is 13.1. The average Bonchev–Trinajstić information content (AvgIpc) is 2.92. The Kier molecular flexibility index (Phi) is 3.51. The minimum atomic E-state index is -0.244. The Bertz CT molecular complexity index is 813. The summed E-state index contributed by atoms with van der Waals surface area (Å²) in [4.78, 5) is 12.2. The number of nitrogens with zero attached hydrogens (tertiary/aromatic N) is 1. The number of aryl methyl sites for hydroxylation is 1. The predicted molar refractivity (Wildman–Crippen MR) is 82.5 cm³/mol. The lowest BCUT2D eigenvalue weighted by molar-refractivity contribution is 0.0957. The Morgan fingerprint density at radius 1 is 1.10 bits per heavy atom. The largest absolute Gasteiger partial charge is 0.460 e. The molecule has 2 aromatic carbocycles. The maximum Gasteiger partial charge on any atom is 0.271 e. The molecule has 1 amide bonds. The van der Waals surface area contributed by atoms with E-state index in [-0.39, 0.29) is 5.91 Å². The lowest BCUT2D eigenvalue weighted by Crippen LogP contribution is -2.17. The normalized spacial score (nSPS) is 11.1. The number of carbonyl (C=O) groups is 1. The number of benzene rings is 2. The van der Waals surface area contributed by atoms with Gasteiger partial charge in [-0.2, -0.15) is 5.10 Å². The second-order valence-electron chi connectivity index (χ2n) is 4.67. The van der Waals surface area contributed by atoms with Gasteiger partial charge in [0.05, 0.1) is 6.21 Å². The third-order valence-electron chi connectivity index (χ3n) is 3.15. The zero-order valence-corrected chi connectivity index (χ0v) is 11.5. The number of hydrogen-bond donors (Lipinski definition) is 1. The van der Waals surface area contributed by atoms with E-state index in [9.17, 15) is 4.79 Å². The lowest BCUT2D eigenvalue weighted by Gasteiger charge is -2.04. The van der Waals surface area contributed by atoms with Crippen molar-refractivity contribution in [2.24, 2.45) is 5.10 Å². The maximum absolute atomic E-state index is 12.2. The van der Waals surface area contributed by atoms with E-state index in [0.717, 1.165) is 16.5 Å². The molecule has 0 bridgehead atoms. The topological polar surface area (TPSA) is 54.6 Å². The van der Waals surface area contributed by atoms with Crippen LogP contribution in [0.5, 0.6) is 0 Å². The monoisotopic (exact) mass is 278 g/mol. The van der Waals surface area contributed by atoms with Crippen LogP contribution in [0.2, 0.25) is 0 Å². The summed E-state index contributed by atoms with van der Waals surface area (Å²) in [6.07, 6.45) is 1.48. The highest BCUT2D eigenvalue weighted by molar-refractivity contribution is 6.07. The number of nitrogens with one attached hydrogen (secondary N) is 1. The van der Waals surface area contributed by atoms with Gasteiger partial charge in [-0.15, -0.1) is 0 Å². The van der Waals surface area contributed by atoms with Crippen LogP contribution in [0.3, 0.4) is 0 Å². The summed E-state index contributed by atoms with van der Waals surface area (Å²) in [5, 5.41) is 5.85. The fourth-order valence-corrected chi connectivity index (χ4v) is 2.16. The molecular weight excluding hydrogens is 264 g/mol. The fourth-order valence-electron chi connectivity index (χ4n) is 2.16. The molecule has 0 spiro atoms. The molecule has 0 aliphatic heterocycles. The van der Waals surface area contributed by atoms with Crippen molar-refractivity contribution in [3.8, 4) is 0 Å². The van der Waals surface area contributed by atoms with Crippen molar-refractivity contribution >= 4 is 22.9 Å². The van der Waals surface area contributed by atoms with E-state index in [1.165, 1.54) is 6.21 Å². The second kappa shape index (κ2) is 5.63. The Labute approximate surface area is 122 Å². The van der Waals surface area contributed by atoms with Crippen LogP contribution in [0.25, 0.3) is 10.8 Å². The number of hydrogen-bond acceptors (Lipinski definition) is 3. The zero-order chi connectivity index (χ0) is 14.7. The number of furan rings is 1. The molecule has 0 fully saturated rings.